The number of carbonyl (C=O) groups excluding carboxylic acids is 2. The normalized spacial score (nSPS) is 20.8. The van der Waals surface area contributed by atoms with Gasteiger partial charge < -0.3 is 10.1 Å². The van der Waals surface area contributed by atoms with Gasteiger partial charge in [0.25, 0.3) is 0 Å². The van der Waals surface area contributed by atoms with Crippen molar-refractivity contribution in [2.45, 2.75) is 75.3 Å². The van der Waals surface area contributed by atoms with Gasteiger partial charge >= 0.3 is 6.09 Å². The molecule has 2 atom stereocenters. The third-order valence-corrected chi connectivity index (χ3v) is 4.96. The number of amides is 2. The molecule has 1 aliphatic heterocycles. The number of benzene rings is 1. The maximum Gasteiger partial charge on any atom is 0.411 e. The lowest BCUT2D eigenvalue weighted by Crippen LogP contribution is -2.52. The van der Waals surface area contributed by atoms with E-state index in [2.05, 4.69) is 5.32 Å². The molecule has 1 aromatic rings. The van der Waals surface area contributed by atoms with E-state index in [1.807, 2.05) is 71.9 Å². The molecule has 0 saturated carbocycles. The van der Waals surface area contributed by atoms with Crippen LogP contribution in [0, 0.1) is 0 Å². The van der Waals surface area contributed by atoms with Crippen molar-refractivity contribution in [1.82, 2.24) is 10.2 Å². The molecule has 6 heteroatoms. The van der Waals surface area contributed by atoms with Crippen LogP contribution in [0.25, 0.3) is 0 Å². The fourth-order valence-corrected chi connectivity index (χ4v) is 4.01. The molecule has 1 saturated heterocycles. The van der Waals surface area contributed by atoms with E-state index in [1.54, 1.807) is 16.7 Å². The van der Waals surface area contributed by atoms with Gasteiger partial charge in [-0.1, -0.05) is 18.2 Å². The predicted octanol–water partition coefficient (Wildman–Crippen LogP) is 4.07. The summed E-state index contributed by atoms with van der Waals surface area (Å²) in [6.07, 6.45) is 0.184. The Labute approximate surface area is 160 Å². The molecule has 1 aliphatic rings. The van der Waals surface area contributed by atoms with Crippen LogP contribution in [0.3, 0.4) is 0 Å². The number of thioether (sulfide) groups is 1. The number of hydrogen-bond acceptors (Lipinski definition) is 4. The summed E-state index contributed by atoms with van der Waals surface area (Å²) in [4.78, 5) is 28.1. The number of hydrogen-bond donors (Lipinski definition) is 1. The number of carbonyl (C=O) groups is 2. The summed E-state index contributed by atoms with van der Waals surface area (Å²) in [6, 6.07) is 9.55. The Morgan fingerprint density at radius 2 is 1.73 bits per heavy atom. The van der Waals surface area contributed by atoms with Gasteiger partial charge in [-0.15, -0.1) is 11.8 Å². The van der Waals surface area contributed by atoms with Crippen molar-refractivity contribution in [3.8, 4) is 0 Å². The van der Waals surface area contributed by atoms with Gasteiger partial charge in [-0.25, -0.2) is 4.79 Å². The van der Waals surface area contributed by atoms with Crippen LogP contribution < -0.4 is 5.32 Å². The van der Waals surface area contributed by atoms with Crippen LogP contribution in [0.15, 0.2) is 35.2 Å². The zero-order valence-corrected chi connectivity index (χ0v) is 17.4. The Bertz CT molecular complexity index is 599. The second-order valence-corrected chi connectivity index (χ2v) is 10.1. The molecular formula is C20H30N2O3S. The van der Waals surface area contributed by atoms with Crippen LogP contribution in [0.5, 0.6) is 0 Å². The van der Waals surface area contributed by atoms with Gasteiger partial charge in [0, 0.05) is 22.2 Å². The Kier molecular flexibility index (Phi) is 6.27. The van der Waals surface area contributed by atoms with E-state index in [0.717, 1.165) is 4.90 Å². The molecule has 1 fully saturated rings. The highest BCUT2D eigenvalue weighted by molar-refractivity contribution is 8.00. The number of nitrogens with one attached hydrogen (secondary N) is 1. The van der Waals surface area contributed by atoms with Gasteiger partial charge in [-0.05, 0) is 60.1 Å². The van der Waals surface area contributed by atoms with Crippen LogP contribution in [0.1, 0.15) is 48.0 Å². The molecule has 144 valence electrons. The van der Waals surface area contributed by atoms with Gasteiger partial charge in [0.1, 0.15) is 11.6 Å². The molecule has 2 rings (SSSR count). The molecular weight excluding hydrogens is 348 g/mol. The highest BCUT2D eigenvalue weighted by Crippen LogP contribution is 2.34. The molecule has 1 heterocycles. The zero-order valence-electron chi connectivity index (χ0n) is 16.5. The van der Waals surface area contributed by atoms with Crippen molar-refractivity contribution in [1.29, 1.82) is 0 Å². The number of ether oxygens (including phenoxy) is 1. The molecule has 0 unspecified atom stereocenters. The van der Waals surface area contributed by atoms with Crippen molar-refractivity contribution in [3.63, 3.8) is 0 Å². The zero-order chi connectivity index (χ0) is 19.5. The monoisotopic (exact) mass is 378 g/mol. The van der Waals surface area contributed by atoms with Crippen LogP contribution in [0.2, 0.25) is 0 Å². The van der Waals surface area contributed by atoms with Gasteiger partial charge in [-0.2, -0.15) is 0 Å². The van der Waals surface area contributed by atoms with Crippen LogP contribution in [-0.2, 0) is 9.53 Å². The Morgan fingerprint density at radius 1 is 1.12 bits per heavy atom. The molecule has 0 radical (unpaired) electrons. The Morgan fingerprint density at radius 3 is 2.27 bits per heavy atom. The van der Waals surface area contributed by atoms with Crippen LogP contribution >= 0.6 is 11.8 Å². The van der Waals surface area contributed by atoms with E-state index in [-0.39, 0.29) is 16.7 Å². The third-order valence-electron chi connectivity index (χ3n) is 3.74. The second kappa shape index (κ2) is 7.91. The first kappa shape index (κ1) is 20.6. The topological polar surface area (TPSA) is 58.6 Å². The van der Waals surface area contributed by atoms with Gasteiger partial charge in [-0.3, -0.25) is 9.69 Å². The summed E-state index contributed by atoms with van der Waals surface area (Å²) in [5, 5.41) is 3.15. The Hall–Kier alpha value is -1.69. The summed E-state index contributed by atoms with van der Waals surface area (Å²) >= 11 is 1.70. The predicted molar refractivity (Wildman–Crippen MR) is 105 cm³/mol. The van der Waals surface area contributed by atoms with E-state index in [4.69, 9.17) is 4.74 Å². The highest BCUT2D eigenvalue weighted by atomic mass is 32.2. The highest BCUT2D eigenvalue weighted by Gasteiger charge is 2.42. The van der Waals surface area contributed by atoms with Gasteiger partial charge in [0.05, 0.1) is 0 Å². The summed E-state index contributed by atoms with van der Waals surface area (Å²) in [7, 11) is 0. The van der Waals surface area contributed by atoms with Crippen molar-refractivity contribution >= 4 is 23.8 Å². The number of nitrogens with zero attached hydrogens (tertiary/aromatic N) is 1. The lowest BCUT2D eigenvalue weighted by molar-refractivity contribution is -0.126. The summed E-state index contributed by atoms with van der Waals surface area (Å²) in [6.45, 7) is 11.8. The minimum atomic E-state index is -0.590. The van der Waals surface area contributed by atoms with Crippen molar-refractivity contribution in [2.75, 3.05) is 6.54 Å². The maximum atomic E-state index is 12.8. The summed E-state index contributed by atoms with van der Waals surface area (Å²) in [5.74, 6) is -0.125. The number of rotatable bonds is 3. The smallest absolute Gasteiger partial charge is 0.411 e. The van der Waals surface area contributed by atoms with Crippen molar-refractivity contribution in [2.24, 2.45) is 0 Å². The molecule has 0 aliphatic carbocycles. The first-order valence-corrected chi connectivity index (χ1v) is 9.86. The van der Waals surface area contributed by atoms with Gasteiger partial charge in [0.2, 0.25) is 5.91 Å². The minimum absolute atomic E-state index is 0.125. The lowest BCUT2D eigenvalue weighted by atomic mass is 10.1. The largest absolute Gasteiger partial charge is 0.444 e. The van der Waals surface area contributed by atoms with E-state index >= 15 is 0 Å². The van der Waals surface area contributed by atoms with E-state index in [9.17, 15) is 9.59 Å². The average Bonchev–Trinajstić information content (AvgIpc) is 2.89. The SMILES string of the molecule is CC(C)(C)NC(=O)[C@@H]1C[C@H](Sc2ccccc2)CN1C(=O)OC(C)(C)C. The fraction of sp³-hybridized carbons (Fsp3) is 0.600. The first-order valence-electron chi connectivity index (χ1n) is 8.98. The average molecular weight is 379 g/mol. The third kappa shape index (κ3) is 6.24. The molecule has 1 aromatic carbocycles. The second-order valence-electron chi connectivity index (χ2n) is 8.68. The molecule has 2 amide bonds. The molecule has 0 spiro atoms. The fourth-order valence-electron chi connectivity index (χ4n) is 2.80. The maximum absolute atomic E-state index is 12.8. The van der Waals surface area contributed by atoms with Gasteiger partial charge in [0.15, 0.2) is 0 Å². The van der Waals surface area contributed by atoms with E-state index in [0.29, 0.717) is 13.0 Å². The quantitative estimate of drug-likeness (QED) is 0.861. The first-order chi connectivity index (χ1) is 11.9. The summed E-state index contributed by atoms with van der Waals surface area (Å²) < 4.78 is 5.53. The molecule has 0 aromatic heterocycles. The molecule has 5 nitrogen and oxygen atoms in total. The summed E-state index contributed by atoms with van der Waals surface area (Å²) in [5.41, 5.74) is -0.936. The molecule has 1 N–H and O–H groups in total. The standard InChI is InChI=1S/C20H30N2O3S/c1-19(2,3)21-17(23)16-12-15(26-14-10-8-7-9-11-14)13-22(16)18(24)25-20(4,5)6/h7-11,15-16H,12-13H2,1-6H3,(H,21,23)/t15-,16-/m0/s1. The van der Waals surface area contributed by atoms with E-state index in [1.165, 1.54) is 0 Å². The molecule has 0 bridgehead atoms. The van der Waals surface area contributed by atoms with Crippen molar-refractivity contribution < 1.29 is 14.3 Å². The van der Waals surface area contributed by atoms with E-state index < -0.39 is 17.7 Å². The van der Waals surface area contributed by atoms with Crippen LogP contribution in [0.4, 0.5) is 4.79 Å². The Balaban J connectivity index is 2.14. The van der Waals surface area contributed by atoms with Crippen LogP contribution in [-0.4, -0.2) is 45.9 Å². The molecule has 26 heavy (non-hydrogen) atoms. The van der Waals surface area contributed by atoms with Crippen molar-refractivity contribution in [3.05, 3.63) is 30.3 Å². The minimum Gasteiger partial charge on any atom is -0.444 e. The lowest BCUT2D eigenvalue weighted by Gasteiger charge is -2.30. The number of likely N-dealkylation sites (tertiary alicyclic amines) is 1.